The minimum atomic E-state index is 0.260. The van der Waals surface area contributed by atoms with E-state index in [4.69, 9.17) is 37.9 Å². The van der Waals surface area contributed by atoms with Gasteiger partial charge in [0, 0.05) is 15.6 Å². The third-order valence-corrected chi connectivity index (χ3v) is 4.93. The molecule has 0 N–H and O–H groups in total. The number of rotatable bonds is 6. The molecule has 0 saturated carbocycles. The first-order chi connectivity index (χ1) is 14.5. The molecule has 0 saturated heterocycles. The topological polar surface area (TPSA) is 66.0 Å². The Bertz CT molecular complexity index is 1170. The van der Waals surface area contributed by atoms with Gasteiger partial charge >= 0.3 is 0 Å². The van der Waals surface area contributed by atoms with Crippen molar-refractivity contribution in [3.63, 3.8) is 0 Å². The van der Waals surface area contributed by atoms with Crippen molar-refractivity contribution in [1.82, 2.24) is 0 Å². The van der Waals surface area contributed by atoms with E-state index in [1.807, 2.05) is 12.1 Å². The first kappa shape index (κ1) is 21.3. The summed E-state index contributed by atoms with van der Waals surface area (Å²) in [5.41, 5.74) is 3.33. The minimum Gasteiger partial charge on any atom is -0.493 e. The number of hydrogen-bond acceptors (Lipinski definition) is 4. The molecule has 0 aliphatic rings. The number of ether oxygens (including phenoxy) is 2. The normalized spacial score (nSPS) is 10.8. The summed E-state index contributed by atoms with van der Waals surface area (Å²) in [5.74, 6) is 1.09. The molecular weight excluding hydrogens is 419 g/mol. The predicted molar refractivity (Wildman–Crippen MR) is 118 cm³/mol. The highest BCUT2D eigenvalue weighted by Crippen LogP contribution is 2.31. The summed E-state index contributed by atoms with van der Waals surface area (Å²) in [6.07, 6.45) is 1.75. The summed E-state index contributed by atoms with van der Waals surface area (Å²) in [4.78, 5) is 0. The number of methoxy groups -OCH3 is 1. The summed E-state index contributed by atoms with van der Waals surface area (Å²) in [6, 6.07) is 21.8. The molecule has 0 unspecified atom stereocenters. The molecule has 148 valence electrons. The van der Waals surface area contributed by atoms with E-state index in [-0.39, 0.29) is 6.61 Å². The molecule has 30 heavy (non-hydrogen) atoms. The van der Waals surface area contributed by atoms with Gasteiger partial charge in [0.15, 0.2) is 11.5 Å². The first-order valence-electron chi connectivity index (χ1n) is 8.91. The average molecular weight is 435 g/mol. The monoisotopic (exact) mass is 434 g/mol. The van der Waals surface area contributed by atoms with Crippen LogP contribution in [0.2, 0.25) is 10.0 Å². The van der Waals surface area contributed by atoms with E-state index in [0.29, 0.717) is 32.7 Å². The van der Waals surface area contributed by atoms with Gasteiger partial charge in [0.2, 0.25) is 0 Å². The molecule has 6 heteroatoms. The molecule has 3 aromatic carbocycles. The van der Waals surface area contributed by atoms with Crippen LogP contribution in [-0.4, -0.2) is 7.11 Å². The van der Waals surface area contributed by atoms with Crippen LogP contribution in [0.15, 0.2) is 60.7 Å². The van der Waals surface area contributed by atoms with Crippen molar-refractivity contribution in [3.8, 4) is 23.6 Å². The van der Waals surface area contributed by atoms with Gasteiger partial charge in [-0.2, -0.15) is 10.5 Å². The molecule has 3 aromatic rings. The van der Waals surface area contributed by atoms with E-state index in [1.165, 1.54) is 0 Å². The van der Waals surface area contributed by atoms with Gasteiger partial charge in [-0.05, 0) is 53.6 Å². The lowest BCUT2D eigenvalue weighted by Crippen LogP contribution is -1.98. The van der Waals surface area contributed by atoms with Crippen LogP contribution in [0, 0.1) is 22.7 Å². The van der Waals surface area contributed by atoms with Gasteiger partial charge in [-0.3, -0.25) is 0 Å². The fraction of sp³-hybridized carbons (Fsp3) is 0.0833. The molecule has 0 bridgehead atoms. The maximum atomic E-state index is 9.54. The molecule has 0 heterocycles. The summed E-state index contributed by atoms with van der Waals surface area (Å²) < 4.78 is 11.3. The third kappa shape index (κ3) is 5.13. The Morgan fingerprint density at radius 2 is 1.73 bits per heavy atom. The van der Waals surface area contributed by atoms with Gasteiger partial charge in [-0.25, -0.2) is 0 Å². The van der Waals surface area contributed by atoms with Crippen molar-refractivity contribution < 1.29 is 9.47 Å². The molecule has 0 radical (unpaired) electrons. The summed E-state index contributed by atoms with van der Waals surface area (Å²) in [6.45, 7) is 0.260. The Morgan fingerprint density at radius 3 is 2.37 bits per heavy atom. The molecule has 0 fully saturated rings. The smallest absolute Gasteiger partial charge is 0.161 e. The summed E-state index contributed by atoms with van der Waals surface area (Å²) in [7, 11) is 1.55. The van der Waals surface area contributed by atoms with Gasteiger partial charge in [0.05, 0.1) is 30.4 Å². The van der Waals surface area contributed by atoms with Crippen LogP contribution < -0.4 is 9.47 Å². The minimum absolute atomic E-state index is 0.260. The van der Waals surface area contributed by atoms with E-state index in [2.05, 4.69) is 12.1 Å². The van der Waals surface area contributed by atoms with Crippen molar-refractivity contribution >= 4 is 34.9 Å². The third-order valence-electron chi connectivity index (χ3n) is 4.34. The van der Waals surface area contributed by atoms with Gasteiger partial charge in [-0.15, -0.1) is 0 Å². The van der Waals surface area contributed by atoms with Crippen LogP contribution >= 0.6 is 23.2 Å². The fourth-order valence-electron chi connectivity index (χ4n) is 2.76. The molecule has 4 nitrogen and oxygen atoms in total. The van der Waals surface area contributed by atoms with Crippen LogP contribution in [-0.2, 0) is 6.61 Å². The quantitative estimate of drug-likeness (QED) is 0.327. The second-order valence-electron chi connectivity index (χ2n) is 6.29. The van der Waals surface area contributed by atoms with Crippen molar-refractivity contribution in [3.05, 3.63) is 93.0 Å². The second-order valence-corrected chi connectivity index (χ2v) is 7.14. The van der Waals surface area contributed by atoms with Gasteiger partial charge in [-0.1, -0.05) is 47.5 Å². The van der Waals surface area contributed by atoms with E-state index in [9.17, 15) is 5.26 Å². The van der Waals surface area contributed by atoms with E-state index >= 15 is 0 Å². The van der Waals surface area contributed by atoms with E-state index in [1.54, 1.807) is 61.7 Å². The SMILES string of the molecule is COc1cc(/C=C(/C#N)c2ccc(C#N)cc2)ccc1OCc1ccc(Cl)cc1Cl. The lowest BCUT2D eigenvalue weighted by Gasteiger charge is -2.12. The number of hydrogen-bond donors (Lipinski definition) is 0. The van der Waals surface area contributed by atoms with Crippen LogP contribution in [0.5, 0.6) is 11.5 Å². The standard InChI is InChI=1S/C24H16Cl2N2O2/c1-29-24-11-17(10-20(14-28)18-5-2-16(13-27)3-6-18)4-9-23(24)30-15-19-7-8-21(25)12-22(19)26/h2-12H,15H2,1H3/b20-10-. The number of halogens is 2. The first-order valence-corrected chi connectivity index (χ1v) is 9.66. The van der Waals surface area contributed by atoms with Crippen LogP contribution in [0.25, 0.3) is 11.6 Å². The summed E-state index contributed by atoms with van der Waals surface area (Å²) >= 11 is 12.1. The van der Waals surface area contributed by atoms with Crippen molar-refractivity contribution in [1.29, 1.82) is 10.5 Å². The number of nitrogens with zero attached hydrogens (tertiary/aromatic N) is 2. The largest absolute Gasteiger partial charge is 0.493 e. The molecule has 0 aliphatic carbocycles. The van der Waals surface area contributed by atoms with Crippen LogP contribution in [0.4, 0.5) is 0 Å². The Balaban J connectivity index is 1.82. The molecule has 0 atom stereocenters. The second kappa shape index (κ2) is 9.85. The van der Waals surface area contributed by atoms with Gasteiger partial charge < -0.3 is 9.47 Å². The van der Waals surface area contributed by atoms with Crippen molar-refractivity contribution in [2.24, 2.45) is 0 Å². The Kier molecular flexibility index (Phi) is 6.99. The van der Waals surface area contributed by atoms with E-state index in [0.717, 1.165) is 16.7 Å². The lowest BCUT2D eigenvalue weighted by molar-refractivity contribution is 0.284. The zero-order chi connectivity index (χ0) is 21.5. The highest BCUT2D eigenvalue weighted by atomic mass is 35.5. The van der Waals surface area contributed by atoms with Crippen molar-refractivity contribution in [2.45, 2.75) is 6.61 Å². The molecule has 0 spiro atoms. The highest BCUT2D eigenvalue weighted by Gasteiger charge is 2.09. The zero-order valence-corrected chi connectivity index (χ0v) is 17.5. The molecule has 3 rings (SSSR count). The van der Waals surface area contributed by atoms with Crippen molar-refractivity contribution in [2.75, 3.05) is 7.11 Å². The van der Waals surface area contributed by atoms with Crippen LogP contribution in [0.1, 0.15) is 22.3 Å². The highest BCUT2D eigenvalue weighted by molar-refractivity contribution is 6.35. The van der Waals surface area contributed by atoms with Gasteiger partial charge in [0.1, 0.15) is 6.61 Å². The number of benzene rings is 3. The van der Waals surface area contributed by atoms with Crippen LogP contribution in [0.3, 0.4) is 0 Å². The predicted octanol–water partition coefficient (Wildman–Crippen LogP) is 6.52. The van der Waals surface area contributed by atoms with Gasteiger partial charge in [0.25, 0.3) is 0 Å². The number of nitriles is 2. The maximum absolute atomic E-state index is 9.54. The molecule has 0 amide bonds. The maximum Gasteiger partial charge on any atom is 0.161 e. The molecule has 0 aliphatic heterocycles. The Morgan fingerprint density at radius 1 is 0.967 bits per heavy atom. The number of allylic oxidation sites excluding steroid dienone is 1. The van der Waals surface area contributed by atoms with E-state index < -0.39 is 0 Å². The Labute approximate surface area is 185 Å². The fourth-order valence-corrected chi connectivity index (χ4v) is 3.22. The zero-order valence-electron chi connectivity index (χ0n) is 16.0. The Hall–Kier alpha value is -3.44. The molecule has 0 aromatic heterocycles. The summed E-state index contributed by atoms with van der Waals surface area (Å²) in [5, 5.41) is 19.6. The lowest BCUT2D eigenvalue weighted by atomic mass is 10.0. The average Bonchev–Trinajstić information content (AvgIpc) is 2.77. The molecular formula is C24H16Cl2N2O2.